The van der Waals surface area contributed by atoms with Crippen LogP contribution in [-0.2, 0) is 0 Å². The van der Waals surface area contributed by atoms with Crippen molar-refractivity contribution in [2.45, 2.75) is 7.63 Å². The number of rotatable bonds is 0. The van der Waals surface area contributed by atoms with E-state index in [1.807, 2.05) is 0 Å². The summed E-state index contributed by atoms with van der Waals surface area (Å²) in [5.74, 6) is 0. The summed E-state index contributed by atoms with van der Waals surface area (Å²) in [5, 5.41) is 0. The van der Waals surface area contributed by atoms with Crippen molar-refractivity contribution in [3.05, 3.63) is 0 Å². The Hall–Kier alpha value is 1.29. The zero-order valence-electron chi connectivity index (χ0n) is 7.21. The molecule has 3 fully saturated rings. The highest BCUT2D eigenvalue weighted by molar-refractivity contribution is 8.03. The smallest absolute Gasteiger partial charge is 0.300 e. The van der Waals surface area contributed by atoms with Crippen LogP contribution >= 0.6 is 62.5 Å². The summed E-state index contributed by atoms with van der Waals surface area (Å²) in [6.07, 6.45) is 0. The van der Waals surface area contributed by atoms with Crippen molar-refractivity contribution < 1.29 is 4.79 Å². The molecule has 0 atom stereocenters. The highest BCUT2D eigenvalue weighted by Crippen LogP contribution is 3.00. The van der Waals surface area contributed by atoms with Crippen molar-refractivity contribution in [2.75, 3.05) is 14.1 Å². The number of carbonyl (C=O) groups excluding carboxylic acids is 1. The molecule has 0 aromatic rings. The van der Waals surface area contributed by atoms with Gasteiger partial charge in [0.05, 0.1) is 16.1 Å². The Morgan fingerprint density at radius 1 is 1.00 bits per heavy atom. The van der Waals surface area contributed by atoms with Gasteiger partial charge in [-0.25, -0.2) is 4.79 Å². The van der Waals surface area contributed by atoms with Crippen LogP contribution in [0.4, 0.5) is 4.79 Å². The molecule has 3 rings (SSSR count). The second-order valence-electron chi connectivity index (χ2n) is 2.97. The van der Waals surface area contributed by atoms with Gasteiger partial charge in [0.1, 0.15) is 0 Å². The summed E-state index contributed by atoms with van der Waals surface area (Å²) in [4.78, 5) is 11.6. The van der Waals surface area contributed by atoms with Crippen LogP contribution in [0.1, 0.15) is 0 Å². The second-order valence-corrected chi connectivity index (χ2v) is 13.6. The maximum absolute atomic E-state index is 11.6. The Morgan fingerprint density at radius 3 is 1.57 bits per heavy atom. The van der Waals surface area contributed by atoms with E-state index >= 15 is 0 Å². The molecule has 3 heterocycles. The highest BCUT2D eigenvalue weighted by Gasteiger charge is 2.78. The van der Waals surface area contributed by atoms with Crippen LogP contribution in [0.15, 0.2) is 0 Å². The van der Waals surface area contributed by atoms with E-state index in [1.54, 1.807) is 14.1 Å². The monoisotopic (exact) mass is 312 g/mol. The molecule has 80 valence electrons. The van der Waals surface area contributed by atoms with E-state index in [0.29, 0.717) is 0 Å². The molecule has 3 aliphatic rings. The van der Waals surface area contributed by atoms with Crippen LogP contribution in [0.3, 0.4) is 0 Å². The molecule has 9 heteroatoms. The van der Waals surface area contributed by atoms with Crippen molar-refractivity contribution >= 4 is 68.6 Å². The molecule has 3 nitrogen and oxygen atoms in total. The number of urea groups is 1. The maximum atomic E-state index is 11.6. The summed E-state index contributed by atoms with van der Waals surface area (Å²) in [5.41, 5.74) is 0. The Kier molecular flexibility index (Phi) is 2.65. The number of halogens is 4. The molecule has 0 aliphatic carbocycles. The maximum Gasteiger partial charge on any atom is 0.326 e. The molecule has 0 spiro atoms. The fourth-order valence-electron chi connectivity index (χ4n) is 1.56. The van der Waals surface area contributed by atoms with Gasteiger partial charge in [0.2, 0.25) is 0 Å². The lowest BCUT2D eigenvalue weighted by molar-refractivity contribution is 0.214. The zero-order chi connectivity index (χ0) is 10.9. The largest absolute Gasteiger partial charge is 0.326 e. The quantitative estimate of drug-likeness (QED) is 0.490. The fraction of sp³-hybridized carbons (Fsp3) is 0.800. The molecule has 2 amide bonds. The van der Waals surface area contributed by atoms with Gasteiger partial charge in [0.25, 0.3) is 0 Å². The summed E-state index contributed by atoms with van der Waals surface area (Å²) >= 11 is 24.5. The van der Waals surface area contributed by atoms with Crippen molar-refractivity contribution in [2.24, 2.45) is 0 Å². The first-order valence-electron chi connectivity index (χ1n) is 3.60. The summed E-state index contributed by atoms with van der Waals surface area (Å²) in [6, 6.07) is -0.115. The normalized spacial score (nSPS) is 38.3. The molecule has 3 aliphatic heterocycles. The summed E-state index contributed by atoms with van der Waals surface area (Å²) in [7, 11) is 0.783. The molecule has 3 saturated heterocycles. The van der Waals surface area contributed by atoms with E-state index in [0.717, 1.165) is 0 Å². The molecular formula is C5H6Cl4N2OP2. The predicted octanol–water partition coefficient (Wildman–Crippen LogP) is 3.97. The van der Waals surface area contributed by atoms with E-state index in [2.05, 4.69) is 0 Å². The topological polar surface area (TPSA) is 23.6 Å². The third-order valence-electron chi connectivity index (χ3n) is 2.17. The fourth-order valence-corrected chi connectivity index (χ4v) is 16.7. The number of amides is 2. The Balaban J connectivity index is 2.44. The first-order valence-corrected chi connectivity index (χ1v) is 7.70. The molecule has 0 unspecified atom stereocenters. The first kappa shape index (κ1) is 11.8. The molecule has 0 radical (unpaired) electrons. The van der Waals surface area contributed by atoms with Gasteiger partial charge in [-0.2, -0.15) is 0 Å². The van der Waals surface area contributed by atoms with E-state index in [1.165, 1.54) is 9.34 Å². The van der Waals surface area contributed by atoms with Crippen LogP contribution in [0, 0.1) is 0 Å². The van der Waals surface area contributed by atoms with Crippen LogP contribution < -0.4 is 0 Å². The lowest BCUT2D eigenvalue weighted by Crippen LogP contribution is -2.56. The molecule has 0 aromatic heterocycles. The van der Waals surface area contributed by atoms with E-state index in [-0.39, 0.29) is 6.03 Å². The minimum atomic E-state index is -1.23. The van der Waals surface area contributed by atoms with Gasteiger partial charge in [-0.05, 0) is 0 Å². The number of alkyl halides is 4. The van der Waals surface area contributed by atoms with Crippen LogP contribution in [0.5, 0.6) is 0 Å². The Morgan fingerprint density at radius 2 is 1.29 bits per heavy atom. The number of hydrogen-bond acceptors (Lipinski definition) is 1. The third kappa shape index (κ3) is 1.18. The molecule has 14 heavy (non-hydrogen) atoms. The Labute approximate surface area is 104 Å². The van der Waals surface area contributed by atoms with Gasteiger partial charge >= 0.3 is 6.03 Å². The van der Waals surface area contributed by atoms with Crippen molar-refractivity contribution in [1.29, 1.82) is 0 Å². The first-order chi connectivity index (χ1) is 6.22. The number of hydrogen-bond donors (Lipinski definition) is 0. The molecule has 2 bridgehead atoms. The van der Waals surface area contributed by atoms with Gasteiger partial charge in [0, 0.05) is 14.1 Å². The minimum absolute atomic E-state index is 0.115. The van der Waals surface area contributed by atoms with Crippen molar-refractivity contribution in [3.63, 3.8) is 0 Å². The highest BCUT2D eigenvalue weighted by atomic mass is 35.5. The van der Waals surface area contributed by atoms with E-state index in [9.17, 15) is 4.79 Å². The van der Waals surface area contributed by atoms with Gasteiger partial charge < -0.3 is 0 Å². The summed E-state index contributed by atoms with van der Waals surface area (Å²) < 4.78 is 0.979. The molecular weight excluding hydrogens is 308 g/mol. The standard InChI is InChI=1S/C5H6Cl4N2OP2/c1-10-3(12)11(2)14-4(6,7)13(10)5(14,8)9/h1-2H3. The number of nitrogens with zero attached hydrogens (tertiary/aromatic N) is 2. The minimum Gasteiger partial charge on any atom is -0.300 e. The predicted molar refractivity (Wildman–Crippen MR) is 63.6 cm³/mol. The lowest BCUT2D eigenvalue weighted by Gasteiger charge is -2.65. The van der Waals surface area contributed by atoms with Gasteiger partial charge in [-0.15, -0.1) is 0 Å². The average molecular weight is 314 g/mol. The van der Waals surface area contributed by atoms with Gasteiger partial charge in [-0.3, -0.25) is 9.34 Å². The second kappa shape index (κ2) is 3.15. The van der Waals surface area contributed by atoms with Crippen molar-refractivity contribution in [3.8, 4) is 0 Å². The molecule has 0 saturated carbocycles. The third-order valence-corrected chi connectivity index (χ3v) is 11.9. The van der Waals surface area contributed by atoms with Crippen LogP contribution in [-0.4, -0.2) is 37.1 Å². The molecule has 0 aromatic carbocycles. The SMILES string of the molecule is CN1C(=O)N(C)P2C(Cl)(Cl)P1C2(Cl)Cl. The van der Waals surface area contributed by atoms with E-state index < -0.39 is 23.8 Å². The van der Waals surface area contributed by atoms with Crippen LogP contribution in [0.25, 0.3) is 0 Å². The Bertz CT molecular complexity index is 272. The number of fused-ring (bicyclic) bond motifs is 2. The lowest BCUT2D eigenvalue weighted by atomic mass is 10.9. The summed E-state index contributed by atoms with van der Waals surface area (Å²) in [6.45, 7) is 0. The van der Waals surface area contributed by atoms with Crippen molar-refractivity contribution in [1.82, 2.24) is 9.34 Å². The van der Waals surface area contributed by atoms with Crippen LogP contribution in [0.2, 0.25) is 0 Å². The van der Waals surface area contributed by atoms with Gasteiger partial charge in [-0.1, -0.05) is 46.4 Å². The van der Waals surface area contributed by atoms with E-state index in [4.69, 9.17) is 46.4 Å². The van der Waals surface area contributed by atoms with Gasteiger partial charge in [0.15, 0.2) is 7.63 Å². The number of carbonyl (C=O) groups is 1. The molecule has 0 N–H and O–H groups in total. The zero-order valence-corrected chi connectivity index (χ0v) is 12.0. The average Bonchev–Trinajstić information content (AvgIpc) is 1.97.